The van der Waals surface area contributed by atoms with Gasteiger partial charge in [0.15, 0.2) is 4.80 Å². The summed E-state index contributed by atoms with van der Waals surface area (Å²) in [4.78, 5) is 42.6. The normalized spacial score (nSPS) is 15.2. The van der Waals surface area contributed by atoms with Crippen LogP contribution in [0.25, 0.3) is 17.4 Å². The summed E-state index contributed by atoms with van der Waals surface area (Å²) in [5.74, 6) is 0.288. The number of aromatic nitrogens is 1. The number of rotatable bonds is 6. The van der Waals surface area contributed by atoms with Crippen LogP contribution < -0.4 is 14.9 Å². The van der Waals surface area contributed by atoms with Crippen molar-refractivity contribution in [3.8, 4) is 11.3 Å². The quantitative estimate of drug-likeness (QED) is 0.186. The first-order valence-electron chi connectivity index (χ1n) is 12.0. The van der Waals surface area contributed by atoms with Crippen LogP contribution >= 0.6 is 22.9 Å². The Balaban J connectivity index is 1.63. The summed E-state index contributed by atoms with van der Waals surface area (Å²) in [6, 6.07) is 14.4. The van der Waals surface area contributed by atoms with Crippen LogP contribution in [-0.2, 0) is 9.53 Å². The Morgan fingerprint density at radius 3 is 2.64 bits per heavy atom. The van der Waals surface area contributed by atoms with Crippen LogP contribution in [0.5, 0.6) is 0 Å². The molecule has 0 fully saturated rings. The molecule has 1 aliphatic rings. The van der Waals surface area contributed by atoms with Gasteiger partial charge in [0.05, 0.1) is 33.4 Å². The fourth-order valence-electron chi connectivity index (χ4n) is 4.54. The Morgan fingerprint density at radius 1 is 1.21 bits per heavy atom. The molecule has 0 spiro atoms. The first kappa shape index (κ1) is 26.3. The zero-order valence-electron chi connectivity index (χ0n) is 21.1. The van der Waals surface area contributed by atoms with Gasteiger partial charge < -0.3 is 9.15 Å². The number of ether oxygens (including phenoxy) is 1. The number of hydrogen-bond donors (Lipinski definition) is 0. The van der Waals surface area contributed by atoms with Gasteiger partial charge in [-0.3, -0.25) is 19.5 Å². The van der Waals surface area contributed by atoms with Crippen molar-refractivity contribution >= 4 is 40.7 Å². The van der Waals surface area contributed by atoms with E-state index in [0.29, 0.717) is 48.3 Å². The Hall–Kier alpha value is -4.28. The molecule has 198 valence electrons. The van der Waals surface area contributed by atoms with Crippen LogP contribution in [0.2, 0.25) is 5.02 Å². The molecule has 9 nitrogen and oxygen atoms in total. The lowest BCUT2D eigenvalue weighted by molar-refractivity contribution is -0.385. The van der Waals surface area contributed by atoms with Crippen molar-refractivity contribution in [1.29, 1.82) is 0 Å². The zero-order chi connectivity index (χ0) is 27.8. The molecule has 0 radical (unpaired) electrons. The topological polar surface area (TPSA) is 117 Å². The molecule has 2 aromatic carbocycles. The second kappa shape index (κ2) is 10.5. The van der Waals surface area contributed by atoms with Gasteiger partial charge in [-0.1, -0.05) is 47.2 Å². The standard InChI is InChI=1S/C28H22ClN3O6S/c1-4-37-27(34)24-16(3)30-28-31(25(24)17-8-10-18(29)11-9-17)26(33)23(39-28)14-19-12-13-22(38-19)20-6-5-7-21(15(20)2)32(35)36/h5-14,25H,4H2,1-3H3/b23-14-/t25-/m0/s1. The number of halogens is 1. The molecule has 5 rings (SSSR count). The van der Waals surface area contributed by atoms with Crippen molar-refractivity contribution in [3.05, 3.63) is 118 Å². The highest BCUT2D eigenvalue weighted by molar-refractivity contribution is 7.07. The van der Waals surface area contributed by atoms with Crippen LogP contribution in [0.1, 0.15) is 36.8 Å². The molecular formula is C28H22ClN3O6S. The molecule has 0 unspecified atom stereocenters. The van der Waals surface area contributed by atoms with Crippen molar-refractivity contribution in [3.63, 3.8) is 0 Å². The SMILES string of the molecule is CCOC(=O)C1=C(C)N=c2s/c(=C\c3ccc(-c4cccc([N+](=O)[O-])c4C)o3)c(=O)n2[C@H]1c1ccc(Cl)cc1. The van der Waals surface area contributed by atoms with Gasteiger partial charge in [0, 0.05) is 28.3 Å². The summed E-state index contributed by atoms with van der Waals surface area (Å²) < 4.78 is 13.1. The minimum atomic E-state index is -0.751. The molecule has 11 heteroatoms. The maximum atomic E-state index is 13.7. The molecule has 0 bridgehead atoms. The monoisotopic (exact) mass is 563 g/mol. The van der Waals surface area contributed by atoms with Gasteiger partial charge in [-0.2, -0.15) is 0 Å². The molecule has 0 saturated heterocycles. The molecule has 1 atom stereocenters. The number of nitro benzene ring substituents is 1. The van der Waals surface area contributed by atoms with Gasteiger partial charge in [-0.25, -0.2) is 9.79 Å². The Morgan fingerprint density at radius 2 is 1.95 bits per heavy atom. The van der Waals surface area contributed by atoms with E-state index in [2.05, 4.69) is 4.99 Å². The van der Waals surface area contributed by atoms with Gasteiger partial charge in [-0.15, -0.1) is 0 Å². The molecule has 39 heavy (non-hydrogen) atoms. The van der Waals surface area contributed by atoms with Crippen LogP contribution in [0, 0.1) is 17.0 Å². The maximum absolute atomic E-state index is 13.7. The molecule has 1 aliphatic heterocycles. The van der Waals surface area contributed by atoms with Gasteiger partial charge in [-0.05, 0) is 50.6 Å². The lowest BCUT2D eigenvalue weighted by Gasteiger charge is -2.24. The molecule has 0 N–H and O–H groups in total. The van der Waals surface area contributed by atoms with E-state index in [0.717, 1.165) is 0 Å². The number of nitrogens with zero attached hydrogens (tertiary/aromatic N) is 3. The van der Waals surface area contributed by atoms with E-state index < -0.39 is 16.9 Å². The predicted octanol–water partition coefficient (Wildman–Crippen LogP) is 4.93. The number of carbonyl (C=O) groups excluding carboxylic acids is 1. The van der Waals surface area contributed by atoms with Crippen molar-refractivity contribution in [1.82, 2.24) is 4.57 Å². The second-order valence-electron chi connectivity index (χ2n) is 8.76. The summed E-state index contributed by atoms with van der Waals surface area (Å²) in [5, 5.41) is 11.9. The maximum Gasteiger partial charge on any atom is 0.338 e. The summed E-state index contributed by atoms with van der Waals surface area (Å²) in [7, 11) is 0. The number of carbonyl (C=O) groups is 1. The number of nitro groups is 1. The van der Waals surface area contributed by atoms with Crippen molar-refractivity contribution in [2.75, 3.05) is 6.61 Å². The van der Waals surface area contributed by atoms with E-state index in [1.54, 1.807) is 75.4 Å². The summed E-state index contributed by atoms with van der Waals surface area (Å²) in [5.41, 5.74) is 2.13. The molecule has 0 aliphatic carbocycles. The third kappa shape index (κ3) is 4.84. The van der Waals surface area contributed by atoms with E-state index in [-0.39, 0.29) is 23.4 Å². The molecule has 2 aromatic heterocycles. The highest BCUT2D eigenvalue weighted by Gasteiger charge is 2.33. The second-order valence-corrected chi connectivity index (χ2v) is 10.2. The smallest absolute Gasteiger partial charge is 0.338 e. The molecular weight excluding hydrogens is 542 g/mol. The van der Waals surface area contributed by atoms with Crippen LogP contribution in [-0.4, -0.2) is 22.1 Å². The minimum Gasteiger partial charge on any atom is -0.463 e. The van der Waals surface area contributed by atoms with E-state index >= 15 is 0 Å². The fourth-order valence-corrected chi connectivity index (χ4v) is 5.70. The highest BCUT2D eigenvalue weighted by Crippen LogP contribution is 2.32. The lowest BCUT2D eigenvalue weighted by Crippen LogP contribution is -2.39. The largest absolute Gasteiger partial charge is 0.463 e. The number of esters is 1. The molecule has 0 amide bonds. The average Bonchev–Trinajstić information content (AvgIpc) is 3.48. The van der Waals surface area contributed by atoms with E-state index in [9.17, 15) is 19.7 Å². The molecule has 3 heterocycles. The van der Waals surface area contributed by atoms with Crippen LogP contribution in [0.4, 0.5) is 5.69 Å². The Bertz CT molecular complexity index is 1830. The van der Waals surface area contributed by atoms with Gasteiger partial charge >= 0.3 is 5.97 Å². The first-order chi connectivity index (χ1) is 18.7. The number of fused-ring (bicyclic) bond motifs is 1. The van der Waals surface area contributed by atoms with Crippen LogP contribution in [0.3, 0.4) is 0 Å². The first-order valence-corrected chi connectivity index (χ1v) is 13.2. The van der Waals surface area contributed by atoms with Gasteiger partial charge in [0.25, 0.3) is 11.2 Å². The van der Waals surface area contributed by atoms with Gasteiger partial charge in [0.2, 0.25) is 0 Å². The van der Waals surface area contributed by atoms with Crippen molar-refractivity contribution < 1.29 is 18.9 Å². The van der Waals surface area contributed by atoms with Gasteiger partial charge in [0.1, 0.15) is 11.5 Å². The Labute approximate surface area is 231 Å². The number of thiazole rings is 1. The van der Waals surface area contributed by atoms with E-state index in [1.807, 2.05) is 0 Å². The highest BCUT2D eigenvalue weighted by atomic mass is 35.5. The third-order valence-electron chi connectivity index (χ3n) is 6.37. The zero-order valence-corrected chi connectivity index (χ0v) is 22.7. The van der Waals surface area contributed by atoms with Crippen molar-refractivity contribution in [2.24, 2.45) is 4.99 Å². The number of benzene rings is 2. The van der Waals surface area contributed by atoms with Crippen LogP contribution in [0.15, 0.2) is 80.1 Å². The summed E-state index contributed by atoms with van der Waals surface area (Å²) in [6.07, 6.45) is 1.60. The number of furan rings is 1. The van der Waals surface area contributed by atoms with Crippen molar-refractivity contribution in [2.45, 2.75) is 26.8 Å². The molecule has 0 saturated carbocycles. The van der Waals surface area contributed by atoms with E-state index in [1.165, 1.54) is 22.0 Å². The number of allylic oxidation sites excluding steroid dienone is 1. The minimum absolute atomic E-state index is 0.00580. The summed E-state index contributed by atoms with van der Waals surface area (Å²) >= 11 is 7.27. The number of hydrogen-bond acceptors (Lipinski definition) is 8. The molecule has 4 aromatic rings. The Kier molecular flexibility index (Phi) is 7.07. The summed E-state index contributed by atoms with van der Waals surface area (Å²) in [6.45, 7) is 5.27. The van der Waals surface area contributed by atoms with E-state index in [4.69, 9.17) is 20.8 Å². The fraction of sp³-hybridized carbons (Fsp3) is 0.179. The lowest BCUT2D eigenvalue weighted by atomic mass is 9.96. The third-order valence-corrected chi connectivity index (χ3v) is 7.61. The predicted molar refractivity (Wildman–Crippen MR) is 147 cm³/mol. The average molecular weight is 564 g/mol.